The van der Waals surface area contributed by atoms with Crippen molar-refractivity contribution in [3.05, 3.63) is 24.0 Å². The second kappa shape index (κ2) is 7.10. The average molecular weight is 378 g/mol. The molecule has 2 aromatic rings. The van der Waals surface area contributed by atoms with Gasteiger partial charge in [-0.3, -0.25) is 4.79 Å². The Morgan fingerprint density at radius 2 is 1.93 bits per heavy atom. The van der Waals surface area contributed by atoms with E-state index in [4.69, 9.17) is 5.26 Å². The van der Waals surface area contributed by atoms with Crippen molar-refractivity contribution in [2.24, 2.45) is 5.92 Å². The molecule has 2 N–H and O–H groups in total. The summed E-state index contributed by atoms with van der Waals surface area (Å²) >= 11 is 0. The number of aromatic amines is 1. The van der Waals surface area contributed by atoms with E-state index in [1.165, 1.54) is 0 Å². The monoisotopic (exact) mass is 378 g/mol. The van der Waals surface area contributed by atoms with Crippen LogP contribution in [0.3, 0.4) is 0 Å². The molecule has 0 radical (unpaired) electrons. The highest BCUT2D eigenvalue weighted by Gasteiger charge is 2.41. The minimum Gasteiger partial charge on any atom is -0.349 e. The van der Waals surface area contributed by atoms with Crippen LogP contribution in [0.4, 0.5) is 5.69 Å². The number of nitrogens with zero attached hydrogens (tertiary/aromatic N) is 4. The second-order valence-corrected chi connectivity index (χ2v) is 8.34. The van der Waals surface area contributed by atoms with Gasteiger partial charge in [0.25, 0.3) is 5.91 Å². The Morgan fingerprint density at radius 3 is 2.68 bits per heavy atom. The van der Waals surface area contributed by atoms with E-state index in [0.29, 0.717) is 31.2 Å². The molecule has 146 valence electrons. The Morgan fingerprint density at radius 1 is 1.18 bits per heavy atom. The van der Waals surface area contributed by atoms with E-state index in [9.17, 15) is 4.79 Å². The number of aromatic nitrogens is 2. The zero-order chi connectivity index (χ0) is 19.1. The Labute approximate surface area is 164 Å². The molecular weight excluding hydrogens is 352 g/mol. The van der Waals surface area contributed by atoms with Crippen molar-refractivity contribution >= 4 is 22.6 Å². The van der Waals surface area contributed by atoms with Crippen LogP contribution in [0.15, 0.2) is 18.5 Å². The molecule has 7 heteroatoms. The molecule has 2 saturated carbocycles. The Kier molecular flexibility index (Phi) is 4.44. The van der Waals surface area contributed by atoms with Crippen molar-refractivity contribution in [3.8, 4) is 6.07 Å². The van der Waals surface area contributed by atoms with E-state index in [1.807, 2.05) is 12.3 Å². The number of hydrogen-bond acceptors (Lipinski definition) is 5. The fraction of sp³-hybridized carbons (Fsp3) is 0.571. The lowest BCUT2D eigenvalue weighted by Gasteiger charge is -2.45. The van der Waals surface area contributed by atoms with Crippen molar-refractivity contribution in [2.45, 2.75) is 50.6 Å². The maximum absolute atomic E-state index is 13.1. The number of nitriles is 1. The number of H-pyrrole nitrogens is 1. The summed E-state index contributed by atoms with van der Waals surface area (Å²) in [6.45, 7) is 2.05. The number of rotatable bonds is 5. The van der Waals surface area contributed by atoms with Crippen molar-refractivity contribution in [2.75, 3.05) is 24.7 Å². The van der Waals surface area contributed by atoms with Gasteiger partial charge in [0, 0.05) is 29.9 Å². The van der Waals surface area contributed by atoms with Gasteiger partial charge < -0.3 is 20.1 Å². The number of amides is 1. The van der Waals surface area contributed by atoms with Crippen LogP contribution in [0, 0.1) is 17.2 Å². The molecule has 2 aliphatic carbocycles. The SMILES string of the molecule is N#CCNCC1CCC(N2CN(C3CC3)C(=O)c3cnc4[nH]ccc4c32)CC1. The molecule has 0 saturated heterocycles. The summed E-state index contributed by atoms with van der Waals surface area (Å²) < 4.78 is 0. The van der Waals surface area contributed by atoms with Crippen LogP contribution in [0.25, 0.3) is 11.0 Å². The number of fused-ring (bicyclic) bond motifs is 3. The van der Waals surface area contributed by atoms with Crippen LogP contribution in [0.2, 0.25) is 0 Å². The van der Waals surface area contributed by atoms with Crippen LogP contribution in [-0.4, -0.2) is 52.6 Å². The number of carbonyl (C=O) groups excluding carboxylic acids is 1. The maximum Gasteiger partial charge on any atom is 0.259 e. The molecule has 0 atom stereocenters. The first-order valence-corrected chi connectivity index (χ1v) is 10.4. The van der Waals surface area contributed by atoms with Gasteiger partial charge in [0.1, 0.15) is 5.65 Å². The van der Waals surface area contributed by atoms with Crippen LogP contribution >= 0.6 is 0 Å². The average Bonchev–Trinajstić information content (AvgIpc) is 3.45. The summed E-state index contributed by atoms with van der Waals surface area (Å²) in [7, 11) is 0. The van der Waals surface area contributed by atoms with E-state index in [1.54, 1.807) is 6.20 Å². The Bertz CT molecular complexity index is 919. The first kappa shape index (κ1) is 17.5. The third kappa shape index (κ3) is 3.02. The second-order valence-electron chi connectivity index (χ2n) is 8.34. The van der Waals surface area contributed by atoms with Crippen LogP contribution in [0.1, 0.15) is 48.9 Å². The summed E-state index contributed by atoms with van der Waals surface area (Å²) in [5.41, 5.74) is 2.67. The van der Waals surface area contributed by atoms with Gasteiger partial charge in [0.15, 0.2) is 0 Å². The lowest BCUT2D eigenvalue weighted by molar-refractivity contribution is 0.0718. The molecule has 2 fully saturated rings. The summed E-state index contributed by atoms with van der Waals surface area (Å²) in [6, 6.07) is 5.05. The Hall–Kier alpha value is -2.59. The zero-order valence-corrected chi connectivity index (χ0v) is 16.0. The predicted molar refractivity (Wildman–Crippen MR) is 107 cm³/mol. The number of nitrogens with one attached hydrogen (secondary N) is 2. The van der Waals surface area contributed by atoms with Crippen molar-refractivity contribution in [1.82, 2.24) is 20.2 Å². The number of pyridine rings is 1. The van der Waals surface area contributed by atoms with Crippen LogP contribution < -0.4 is 10.2 Å². The van der Waals surface area contributed by atoms with Crippen molar-refractivity contribution in [1.29, 1.82) is 5.26 Å². The molecular formula is C21H26N6O. The molecule has 0 aromatic carbocycles. The maximum atomic E-state index is 13.1. The summed E-state index contributed by atoms with van der Waals surface area (Å²) in [5.74, 6) is 0.776. The molecule has 28 heavy (non-hydrogen) atoms. The molecule has 0 unspecified atom stereocenters. The van der Waals surface area contributed by atoms with Gasteiger partial charge in [-0.15, -0.1) is 0 Å². The largest absolute Gasteiger partial charge is 0.349 e. The minimum absolute atomic E-state index is 0.138. The fourth-order valence-electron chi connectivity index (χ4n) is 4.87. The minimum atomic E-state index is 0.138. The van der Waals surface area contributed by atoms with E-state index in [0.717, 1.165) is 67.4 Å². The quantitative estimate of drug-likeness (QED) is 0.617. The normalized spacial score (nSPS) is 25.0. The highest BCUT2D eigenvalue weighted by molar-refractivity contribution is 6.08. The topological polar surface area (TPSA) is 88.1 Å². The molecule has 1 amide bonds. The smallest absolute Gasteiger partial charge is 0.259 e. The fourth-order valence-corrected chi connectivity index (χ4v) is 4.87. The predicted octanol–water partition coefficient (Wildman–Crippen LogP) is 2.62. The van der Waals surface area contributed by atoms with E-state index in [2.05, 4.69) is 31.2 Å². The van der Waals surface area contributed by atoms with Gasteiger partial charge in [0.2, 0.25) is 0 Å². The van der Waals surface area contributed by atoms with Crippen molar-refractivity contribution in [3.63, 3.8) is 0 Å². The first-order chi connectivity index (χ1) is 13.8. The molecule has 3 heterocycles. The molecule has 7 nitrogen and oxygen atoms in total. The van der Waals surface area contributed by atoms with Crippen LogP contribution in [-0.2, 0) is 0 Å². The third-order valence-electron chi connectivity index (χ3n) is 6.52. The molecule has 5 rings (SSSR count). The standard InChI is InChI=1S/C21H26N6O/c22-8-10-23-11-14-1-3-15(4-2-14)26-13-27(16-5-6-16)21(28)18-12-25-20-17(19(18)26)7-9-24-20/h7,9,12,14-16,23H,1-6,10-11,13H2,(H,24,25). The van der Waals surface area contributed by atoms with Gasteiger partial charge >= 0.3 is 0 Å². The molecule has 0 spiro atoms. The van der Waals surface area contributed by atoms with E-state index in [-0.39, 0.29) is 5.91 Å². The summed E-state index contributed by atoms with van der Waals surface area (Å²) in [5, 5.41) is 13.0. The van der Waals surface area contributed by atoms with Gasteiger partial charge in [-0.05, 0) is 57.1 Å². The van der Waals surface area contributed by atoms with Crippen molar-refractivity contribution < 1.29 is 4.79 Å². The molecule has 1 aliphatic heterocycles. The number of hydrogen-bond donors (Lipinski definition) is 2. The summed E-state index contributed by atoms with van der Waals surface area (Å²) in [6.07, 6.45) is 10.5. The molecule has 0 bridgehead atoms. The summed E-state index contributed by atoms with van der Waals surface area (Å²) in [4.78, 5) is 25.3. The third-order valence-corrected chi connectivity index (χ3v) is 6.52. The zero-order valence-electron chi connectivity index (χ0n) is 16.0. The van der Waals surface area contributed by atoms with Crippen LogP contribution in [0.5, 0.6) is 0 Å². The van der Waals surface area contributed by atoms with Gasteiger partial charge in [-0.1, -0.05) is 0 Å². The molecule has 3 aliphatic rings. The van der Waals surface area contributed by atoms with E-state index < -0.39 is 0 Å². The first-order valence-electron chi connectivity index (χ1n) is 10.4. The van der Waals surface area contributed by atoms with E-state index >= 15 is 0 Å². The van der Waals surface area contributed by atoms with Gasteiger partial charge in [-0.2, -0.15) is 5.26 Å². The highest BCUT2D eigenvalue weighted by Crippen LogP contribution is 2.41. The molecule has 2 aromatic heterocycles. The highest BCUT2D eigenvalue weighted by atomic mass is 16.2. The number of carbonyl (C=O) groups is 1. The van der Waals surface area contributed by atoms with Gasteiger partial charge in [0.05, 0.1) is 30.5 Å². The van der Waals surface area contributed by atoms with Gasteiger partial charge in [-0.25, -0.2) is 4.98 Å². The lowest BCUT2D eigenvalue weighted by atomic mass is 9.84. The number of anilines is 1. The Balaban J connectivity index is 1.41. The lowest BCUT2D eigenvalue weighted by Crippen LogP contribution is -2.52.